The van der Waals surface area contributed by atoms with Crippen molar-refractivity contribution in [3.8, 4) is 0 Å². The van der Waals surface area contributed by atoms with Crippen molar-refractivity contribution in [3.05, 3.63) is 11.8 Å². The minimum atomic E-state index is -0.269. The molecule has 0 spiro atoms. The van der Waals surface area contributed by atoms with Crippen molar-refractivity contribution in [3.63, 3.8) is 0 Å². The lowest BCUT2D eigenvalue weighted by molar-refractivity contribution is -0.136. The third-order valence-electron chi connectivity index (χ3n) is 2.20. The van der Waals surface area contributed by atoms with Crippen LogP contribution >= 0.6 is 11.6 Å². The Kier molecular flexibility index (Phi) is 7.44. The van der Waals surface area contributed by atoms with E-state index < -0.39 is 0 Å². The highest BCUT2D eigenvalue weighted by molar-refractivity contribution is 6.27. The van der Waals surface area contributed by atoms with E-state index in [1.807, 2.05) is 26.8 Å². The summed E-state index contributed by atoms with van der Waals surface area (Å²) in [4.78, 5) is 13.3. The van der Waals surface area contributed by atoms with Gasteiger partial charge in [-0.2, -0.15) is 0 Å². The highest BCUT2D eigenvalue weighted by atomic mass is 35.5. The number of ether oxygens (including phenoxy) is 1. The van der Waals surface area contributed by atoms with Gasteiger partial charge in [-0.15, -0.1) is 11.6 Å². The molecular formula is C11H20ClNO2. The first kappa shape index (κ1) is 14.5. The molecule has 0 aliphatic heterocycles. The lowest BCUT2D eigenvalue weighted by atomic mass is 10.2. The van der Waals surface area contributed by atoms with Crippen LogP contribution in [0.1, 0.15) is 33.6 Å². The molecule has 1 unspecified atom stereocenters. The van der Waals surface area contributed by atoms with Crippen molar-refractivity contribution >= 4 is 17.5 Å². The SMILES string of the molecule is CCC=C(CC)N(C(=O)CCl)C(C)OC. The maximum atomic E-state index is 11.7. The van der Waals surface area contributed by atoms with Gasteiger partial charge in [-0.3, -0.25) is 9.69 Å². The molecule has 0 radical (unpaired) electrons. The second-order valence-electron chi connectivity index (χ2n) is 3.19. The molecule has 4 heteroatoms. The van der Waals surface area contributed by atoms with Crippen LogP contribution in [0.15, 0.2) is 11.8 Å². The summed E-state index contributed by atoms with van der Waals surface area (Å²) in [6.45, 7) is 5.89. The Hall–Kier alpha value is -0.540. The Morgan fingerprint density at radius 2 is 2.13 bits per heavy atom. The highest BCUT2D eigenvalue weighted by Crippen LogP contribution is 2.15. The summed E-state index contributed by atoms with van der Waals surface area (Å²) in [6.07, 6.45) is 3.45. The van der Waals surface area contributed by atoms with Crippen LogP contribution in [-0.4, -0.2) is 30.0 Å². The number of carbonyl (C=O) groups is 1. The zero-order chi connectivity index (χ0) is 11.8. The van der Waals surface area contributed by atoms with Crippen molar-refractivity contribution < 1.29 is 9.53 Å². The Bertz CT molecular complexity index is 229. The van der Waals surface area contributed by atoms with Crippen molar-refractivity contribution in [2.24, 2.45) is 0 Å². The molecule has 3 nitrogen and oxygen atoms in total. The van der Waals surface area contributed by atoms with Gasteiger partial charge in [0.2, 0.25) is 5.91 Å². The van der Waals surface area contributed by atoms with Gasteiger partial charge >= 0.3 is 0 Å². The van der Waals surface area contributed by atoms with Gasteiger partial charge in [-0.05, 0) is 19.8 Å². The van der Waals surface area contributed by atoms with E-state index in [-0.39, 0.29) is 18.0 Å². The lowest BCUT2D eigenvalue weighted by Crippen LogP contribution is -2.39. The summed E-state index contributed by atoms with van der Waals surface area (Å²) in [5.41, 5.74) is 0.970. The fourth-order valence-electron chi connectivity index (χ4n) is 1.41. The Labute approximate surface area is 97.0 Å². The molecule has 0 fully saturated rings. The molecule has 0 saturated heterocycles. The third-order valence-corrected chi connectivity index (χ3v) is 2.43. The van der Waals surface area contributed by atoms with Gasteiger partial charge < -0.3 is 4.74 Å². The van der Waals surface area contributed by atoms with Gasteiger partial charge in [-0.1, -0.05) is 19.9 Å². The Balaban J connectivity index is 4.90. The predicted molar refractivity (Wildman–Crippen MR) is 62.7 cm³/mol. The van der Waals surface area contributed by atoms with Crippen molar-refractivity contribution in [2.75, 3.05) is 13.0 Å². The zero-order valence-electron chi connectivity index (χ0n) is 9.92. The van der Waals surface area contributed by atoms with Gasteiger partial charge in [0.05, 0.1) is 0 Å². The number of carbonyl (C=O) groups excluding carboxylic acids is 1. The van der Waals surface area contributed by atoms with E-state index in [0.717, 1.165) is 18.5 Å². The number of hydrogen-bond donors (Lipinski definition) is 0. The number of amides is 1. The largest absolute Gasteiger partial charge is 0.361 e. The summed E-state index contributed by atoms with van der Waals surface area (Å²) in [5, 5.41) is 0. The molecule has 1 atom stereocenters. The molecule has 0 aromatic rings. The first-order valence-corrected chi connectivity index (χ1v) is 5.75. The molecule has 1 amide bonds. The van der Waals surface area contributed by atoms with Crippen LogP contribution < -0.4 is 0 Å². The fourth-order valence-corrected chi connectivity index (χ4v) is 1.54. The quantitative estimate of drug-likeness (QED) is 0.522. The van der Waals surface area contributed by atoms with Crippen LogP contribution in [0, 0.1) is 0 Å². The monoisotopic (exact) mass is 233 g/mol. The van der Waals surface area contributed by atoms with Crippen LogP contribution in [0.25, 0.3) is 0 Å². The standard InChI is InChI=1S/C11H20ClNO2/c1-5-7-10(6-2)13(9(3)15-4)11(14)8-12/h7,9H,5-6,8H2,1-4H3. The number of hydrogen-bond acceptors (Lipinski definition) is 2. The van der Waals surface area contributed by atoms with Gasteiger partial charge in [-0.25, -0.2) is 0 Å². The summed E-state index contributed by atoms with van der Waals surface area (Å²) in [5.74, 6) is -0.137. The highest BCUT2D eigenvalue weighted by Gasteiger charge is 2.21. The number of methoxy groups -OCH3 is 1. The molecule has 0 aromatic carbocycles. The van der Waals surface area contributed by atoms with Crippen LogP contribution in [0.5, 0.6) is 0 Å². The minimum Gasteiger partial charge on any atom is -0.361 e. The molecule has 0 aliphatic rings. The zero-order valence-corrected chi connectivity index (χ0v) is 10.7. The van der Waals surface area contributed by atoms with E-state index >= 15 is 0 Å². The number of nitrogens with zero attached hydrogens (tertiary/aromatic N) is 1. The lowest BCUT2D eigenvalue weighted by Gasteiger charge is -2.29. The molecule has 0 rings (SSSR count). The maximum absolute atomic E-state index is 11.7. The minimum absolute atomic E-state index is 0.0191. The van der Waals surface area contributed by atoms with Crippen LogP contribution in [0.2, 0.25) is 0 Å². The van der Waals surface area contributed by atoms with E-state index in [1.165, 1.54) is 0 Å². The summed E-state index contributed by atoms with van der Waals surface area (Å²) in [7, 11) is 1.58. The van der Waals surface area contributed by atoms with Crippen LogP contribution in [0.3, 0.4) is 0 Å². The molecule has 0 aromatic heterocycles. The fraction of sp³-hybridized carbons (Fsp3) is 0.727. The van der Waals surface area contributed by atoms with E-state index in [2.05, 4.69) is 0 Å². The number of allylic oxidation sites excluding steroid dienone is 2. The summed E-state index contributed by atoms with van der Waals surface area (Å²) >= 11 is 5.58. The average molecular weight is 234 g/mol. The van der Waals surface area contributed by atoms with E-state index in [9.17, 15) is 4.79 Å². The van der Waals surface area contributed by atoms with Gasteiger partial charge in [0.25, 0.3) is 0 Å². The number of rotatable bonds is 6. The van der Waals surface area contributed by atoms with Crippen molar-refractivity contribution in [1.82, 2.24) is 4.90 Å². The molecule has 88 valence electrons. The van der Waals surface area contributed by atoms with Crippen LogP contribution in [-0.2, 0) is 9.53 Å². The molecule has 15 heavy (non-hydrogen) atoms. The second kappa shape index (κ2) is 7.71. The third kappa shape index (κ3) is 4.22. The number of halogens is 1. The molecular weight excluding hydrogens is 214 g/mol. The average Bonchev–Trinajstić information content (AvgIpc) is 2.27. The smallest absolute Gasteiger partial charge is 0.243 e. The van der Waals surface area contributed by atoms with E-state index in [0.29, 0.717) is 0 Å². The Morgan fingerprint density at radius 3 is 2.47 bits per heavy atom. The topological polar surface area (TPSA) is 29.5 Å². The first-order chi connectivity index (χ1) is 7.12. The van der Waals surface area contributed by atoms with E-state index in [4.69, 9.17) is 16.3 Å². The molecule has 0 heterocycles. The van der Waals surface area contributed by atoms with Gasteiger partial charge in [0.1, 0.15) is 12.1 Å². The first-order valence-electron chi connectivity index (χ1n) is 5.22. The molecule has 0 bridgehead atoms. The second-order valence-corrected chi connectivity index (χ2v) is 3.46. The number of alkyl halides is 1. The van der Waals surface area contributed by atoms with Crippen molar-refractivity contribution in [2.45, 2.75) is 39.8 Å². The summed E-state index contributed by atoms with van der Waals surface area (Å²) < 4.78 is 5.17. The maximum Gasteiger partial charge on any atom is 0.243 e. The van der Waals surface area contributed by atoms with Crippen molar-refractivity contribution in [1.29, 1.82) is 0 Å². The molecule has 0 aliphatic carbocycles. The van der Waals surface area contributed by atoms with E-state index in [1.54, 1.807) is 12.0 Å². The summed E-state index contributed by atoms with van der Waals surface area (Å²) in [6, 6.07) is 0. The molecule has 0 N–H and O–H groups in total. The van der Waals surface area contributed by atoms with Crippen LogP contribution in [0.4, 0.5) is 0 Å². The predicted octanol–water partition coefficient (Wildman–Crippen LogP) is 2.75. The normalized spacial score (nSPS) is 13.8. The Morgan fingerprint density at radius 1 is 1.53 bits per heavy atom. The van der Waals surface area contributed by atoms with Gasteiger partial charge in [0, 0.05) is 12.8 Å². The van der Waals surface area contributed by atoms with Gasteiger partial charge in [0.15, 0.2) is 0 Å². The molecule has 0 saturated carbocycles.